The predicted octanol–water partition coefficient (Wildman–Crippen LogP) is 2.87. The molecule has 1 aromatic rings. The van der Waals surface area contributed by atoms with Gasteiger partial charge in [0.25, 0.3) is 0 Å². The number of fused-ring (bicyclic) bond motifs is 1. The molecule has 0 fully saturated rings. The van der Waals surface area contributed by atoms with E-state index in [1.165, 1.54) is 29.7 Å². The Morgan fingerprint density at radius 3 is 2.75 bits per heavy atom. The molecule has 2 heteroatoms. The van der Waals surface area contributed by atoms with Gasteiger partial charge in [-0.1, -0.05) is 6.07 Å². The molecule has 1 unspecified atom stereocenters. The number of hydrogen-bond acceptors (Lipinski definition) is 2. The van der Waals surface area contributed by atoms with Crippen molar-refractivity contribution < 1.29 is 0 Å². The van der Waals surface area contributed by atoms with Crippen LogP contribution >= 0.6 is 0 Å². The summed E-state index contributed by atoms with van der Waals surface area (Å²) in [5.74, 6) is 0. The van der Waals surface area contributed by atoms with Crippen molar-refractivity contribution in [3.8, 4) is 0 Å². The maximum absolute atomic E-state index is 6.18. The van der Waals surface area contributed by atoms with Crippen LogP contribution in [0.1, 0.15) is 43.9 Å². The van der Waals surface area contributed by atoms with E-state index in [4.69, 9.17) is 5.73 Å². The highest BCUT2D eigenvalue weighted by molar-refractivity contribution is 5.52. The Bertz CT molecular complexity index is 356. The first-order chi connectivity index (χ1) is 7.76. The molecule has 0 aliphatic heterocycles. The van der Waals surface area contributed by atoms with Crippen molar-refractivity contribution in [3.63, 3.8) is 0 Å². The third kappa shape index (κ3) is 2.07. The van der Waals surface area contributed by atoms with E-state index in [1.807, 2.05) is 0 Å². The summed E-state index contributed by atoms with van der Waals surface area (Å²) in [5.41, 5.74) is 10.3. The van der Waals surface area contributed by atoms with Crippen molar-refractivity contribution in [3.05, 3.63) is 29.3 Å². The first kappa shape index (κ1) is 11.5. The maximum Gasteiger partial charge on any atom is 0.0369 e. The summed E-state index contributed by atoms with van der Waals surface area (Å²) in [5, 5.41) is 0. The van der Waals surface area contributed by atoms with E-state index < -0.39 is 0 Å². The lowest BCUT2D eigenvalue weighted by atomic mass is 9.88. The summed E-state index contributed by atoms with van der Waals surface area (Å²) < 4.78 is 0. The van der Waals surface area contributed by atoms with Crippen LogP contribution in [0.4, 0.5) is 5.69 Å². The van der Waals surface area contributed by atoms with Crippen LogP contribution in [-0.4, -0.2) is 13.1 Å². The Morgan fingerprint density at radius 1 is 1.31 bits per heavy atom. The summed E-state index contributed by atoms with van der Waals surface area (Å²) in [6.07, 6.45) is 3.56. The second-order valence-corrected chi connectivity index (χ2v) is 4.55. The minimum atomic E-state index is 0.249. The summed E-state index contributed by atoms with van der Waals surface area (Å²) in [6, 6.07) is 7.05. The molecule has 0 radical (unpaired) electrons. The highest BCUT2D eigenvalue weighted by Crippen LogP contribution is 2.31. The van der Waals surface area contributed by atoms with Crippen LogP contribution in [0.25, 0.3) is 0 Å². The molecular formula is C14H22N2. The van der Waals surface area contributed by atoms with Crippen molar-refractivity contribution in [2.45, 2.75) is 39.2 Å². The lowest BCUT2D eigenvalue weighted by molar-refractivity contribution is 0.570. The smallest absolute Gasteiger partial charge is 0.0369 e. The number of rotatable bonds is 3. The zero-order valence-corrected chi connectivity index (χ0v) is 10.4. The van der Waals surface area contributed by atoms with Crippen LogP contribution < -0.4 is 10.6 Å². The van der Waals surface area contributed by atoms with Gasteiger partial charge < -0.3 is 10.6 Å². The van der Waals surface area contributed by atoms with E-state index in [2.05, 4.69) is 36.9 Å². The van der Waals surface area contributed by atoms with Crippen molar-refractivity contribution in [2.75, 3.05) is 18.0 Å². The normalized spacial score (nSPS) is 19.3. The molecule has 0 aromatic heterocycles. The monoisotopic (exact) mass is 218 g/mol. The molecule has 88 valence electrons. The van der Waals surface area contributed by atoms with Crippen LogP contribution in [0.3, 0.4) is 0 Å². The van der Waals surface area contributed by atoms with E-state index in [1.54, 1.807) is 0 Å². The van der Waals surface area contributed by atoms with Crippen molar-refractivity contribution in [1.82, 2.24) is 0 Å². The average molecular weight is 218 g/mol. The Balaban J connectivity index is 2.33. The molecule has 1 aliphatic rings. The summed E-state index contributed by atoms with van der Waals surface area (Å²) in [6.45, 7) is 6.51. The van der Waals surface area contributed by atoms with Crippen molar-refractivity contribution in [1.29, 1.82) is 0 Å². The minimum absolute atomic E-state index is 0.249. The third-order valence-corrected chi connectivity index (χ3v) is 3.62. The molecule has 1 atom stereocenters. The fourth-order valence-corrected chi connectivity index (χ4v) is 2.61. The lowest BCUT2D eigenvalue weighted by Crippen LogP contribution is -2.23. The van der Waals surface area contributed by atoms with Crippen LogP contribution in [0, 0.1) is 0 Å². The number of aryl methyl sites for hydroxylation is 1. The number of anilines is 1. The minimum Gasteiger partial charge on any atom is -0.372 e. The molecule has 2 N–H and O–H groups in total. The fourth-order valence-electron chi connectivity index (χ4n) is 2.61. The Labute approximate surface area is 98.4 Å². The molecule has 2 rings (SSSR count). The van der Waals surface area contributed by atoms with Crippen molar-refractivity contribution >= 4 is 5.69 Å². The summed E-state index contributed by atoms with van der Waals surface area (Å²) in [4.78, 5) is 2.38. The number of hydrogen-bond donors (Lipinski definition) is 1. The second kappa shape index (κ2) is 4.88. The topological polar surface area (TPSA) is 29.3 Å². The highest BCUT2D eigenvalue weighted by Gasteiger charge is 2.17. The van der Waals surface area contributed by atoms with Gasteiger partial charge in [0, 0.05) is 24.8 Å². The fraction of sp³-hybridized carbons (Fsp3) is 0.571. The Kier molecular flexibility index (Phi) is 3.49. The van der Waals surface area contributed by atoms with E-state index in [0.717, 1.165) is 19.5 Å². The van der Waals surface area contributed by atoms with Gasteiger partial charge >= 0.3 is 0 Å². The van der Waals surface area contributed by atoms with Gasteiger partial charge in [0.2, 0.25) is 0 Å². The van der Waals surface area contributed by atoms with Gasteiger partial charge in [-0.25, -0.2) is 0 Å². The molecule has 0 amide bonds. The zero-order chi connectivity index (χ0) is 11.5. The third-order valence-electron chi connectivity index (χ3n) is 3.62. The van der Waals surface area contributed by atoms with E-state index >= 15 is 0 Å². The molecule has 2 nitrogen and oxygen atoms in total. The van der Waals surface area contributed by atoms with Gasteiger partial charge in [-0.05, 0) is 56.4 Å². The van der Waals surface area contributed by atoms with Crippen molar-refractivity contribution in [2.24, 2.45) is 5.73 Å². The molecule has 0 bridgehead atoms. The largest absolute Gasteiger partial charge is 0.372 e. The molecule has 0 spiro atoms. The molecule has 0 heterocycles. The van der Waals surface area contributed by atoms with Crippen LogP contribution in [0.2, 0.25) is 0 Å². The van der Waals surface area contributed by atoms with E-state index in [0.29, 0.717) is 0 Å². The van der Waals surface area contributed by atoms with Gasteiger partial charge in [0.05, 0.1) is 0 Å². The molecule has 0 saturated carbocycles. The van der Waals surface area contributed by atoms with Gasteiger partial charge in [-0.3, -0.25) is 0 Å². The van der Waals surface area contributed by atoms with Gasteiger partial charge in [-0.15, -0.1) is 0 Å². The highest BCUT2D eigenvalue weighted by atomic mass is 15.1. The SMILES string of the molecule is CCN(CC)c1ccc2c(c1)C(N)CCC2. The van der Waals surface area contributed by atoms with E-state index in [9.17, 15) is 0 Å². The van der Waals surface area contributed by atoms with Gasteiger partial charge in [0.1, 0.15) is 0 Å². The quantitative estimate of drug-likeness (QED) is 0.845. The molecule has 16 heavy (non-hydrogen) atoms. The zero-order valence-electron chi connectivity index (χ0n) is 10.4. The number of nitrogens with two attached hydrogens (primary N) is 1. The van der Waals surface area contributed by atoms with Crippen LogP contribution in [0.15, 0.2) is 18.2 Å². The van der Waals surface area contributed by atoms with Gasteiger partial charge in [0.15, 0.2) is 0 Å². The average Bonchev–Trinajstić information content (AvgIpc) is 2.32. The first-order valence-electron chi connectivity index (χ1n) is 6.39. The summed E-state index contributed by atoms with van der Waals surface area (Å²) >= 11 is 0. The predicted molar refractivity (Wildman–Crippen MR) is 69.9 cm³/mol. The first-order valence-corrected chi connectivity index (χ1v) is 6.39. The number of nitrogens with zero attached hydrogens (tertiary/aromatic N) is 1. The Morgan fingerprint density at radius 2 is 2.06 bits per heavy atom. The molecular weight excluding hydrogens is 196 g/mol. The van der Waals surface area contributed by atoms with Gasteiger partial charge in [-0.2, -0.15) is 0 Å². The van der Waals surface area contributed by atoms with Crippen LogP contribution in [0.5, 0.6) is 0 Å². The van der Waals surface area contributed by atoms with Crippen LogP contribution in [-0.2, 0) is 6.42 Å². The molecule has 0 saturated heterocycles. The summed E-state index contributed by atoms with van der Waals surface area (Å²) in [7, 11) is 0. The van der Waals surface area contributed by atoms with E-state index in [-0.39, 0.29) is 6.04 Å². The molecule has 1 aromatic carbocycles. The Hall–Kier alpha value is -1.02. The standard InChI is InChI=1S/C14H22N2/c1-3-16(4-2)12-9-8-11-6-5-7-14(15)13(11)10-12/h8-10,14H,3-7,15H2,1-2H3. The maximum atomic E-state index is 6.18. The number of benzene rings is 1. The second-order valence-electron chi connectivity index (χ2n) is 4.55. The lowest BCUT2D eigenvalue weighted by Gasteiger charge is -2.27. The molecule has 1 aliphatic carbocycles.